The molecule has 0 saturated heterocycles. The van der Waals surface area contributed by atoms with E-state index in [-0.39, 0.29) is 0 Å². The number of fused-ring (bicyclic) bond motifs is 1. The third kappa shape index (κ3) is 2.16. The molecule has 0 bridgehead atoms. The number of hydrogen-bond donors (Lipinski definition) is 1. The monoisotopic (exact) mass is 257 g/mol. The van der Waals surface area contributed by atoms with Gasteiger partial charge in [0.25, 0.3) is 0 Å². The molecule has 0 aliphatic heterocycles. The Balaban J connectivity index is 1.95. The lowest BCUT2D eigenvalue weighted by Gasteiger charge is -2.33. The molecule has 1 heterocycles. The van der Waals surface area contributed by atoms with Crippen LogP contribution in [0.2, 0.25) is 0 Å². The van der Waals surface area contributed by atoms with Crippen LogP contribution in [-0.4, -0.2) is 20.1 Å². The van der Waals surface area contributed by atoms with Crippen LogP contribution in [0.4, 0.5) is 0 Å². The zero-order chi connectivity index (χ0) is 13.3. The van der Waals surface area contributed by atoms with Crippen molar-refractivity contribution in [3.05, 3.63) is 47.3 Å². The van der Waals surface area contributed by atoms with Gasteiger partial charge in [0, 0.05) is 13.0 Å². The van der Waals surface area contributed by atoms with Crippen LogP contribution >= 0.6 is 0 Å². The zero-order valence-corrected chi connectivity index (χ0v) is 11.2. The van der Waals surface area contributed by atoms with E-state index in [1.807, 2.05) is 10.7 Å². The number of rotatable bonds is 3. The highest BCUT2D eigenvalue weighted by Crippen LogP contribution is 2.35. The molecule has 0 amide bonds. The summed E-state index contributed by atoms with van der Waals surface area (Å²) >= 11 is 0. The minimum absolute atomic E-state index is 0.653. The minimum Gasteiger partial charge on any atom is -0.383 e. The molecule has 1 atom stereocenters. The largest absolute Gasteiger partial charge is 0.383 e. The summed E-state index contributed by atoms with van der Waals surface area (Å²) in [6, 6.07) is 8.35. The quantitative estimate of drug-likeness (QED) is 0.915. The third-order valence-electron chi connectivity index (χ3n) is 3.94. The Morgan fingerprint density at radius 2 is 2.11 bits per heavy atom. The standard InChI is InChI=1S/C15H19N3O/c1-2-9-18-14(11-16-17-18)15(19)8-7-12-5-3-4-6-13(12)10-15/h3-6,11,19H,2,7-10H2,1H3. The van der Waals surface area contributed by atoms with E-state index >= 15 is 0 Å². The molecule has 100 valence electrons. The average Bonchev–Trinajstić information content (AvgIpc) is 2.88. The Bertz CT molecular complexity index is 578. The van der Waals surface area contributed by atoms with Gasteiger partial charge in [0.15, 0.2) is 0 Å². The van der Waals surface area contributed by atoms with Gasteiger partial charge in [-0.25, -0.2) is 4.68 Å². The van der Waals surface area contributed by atoms with Crippen LogP contribution in [0.15, 0.2) is 30.5 Å². The second kappa shape index (κ2) is 4.78. The van der Waals surface area contributed by atoms with Crippen LogP contribution in [0.1, 0.15) is 36.6 Å². The Morgan fingerprint density at radius 3 is 2.89 bits per heavy atom. The number of hydrogen-bond acceptors (Lipinski definition) is 3. The predicted octanol–water partition coefficient (Wildman–Crippen LogP) is 2.06. The van der Waals surface area contributed by atoms with Gasteiger partial charge >= 0.3 is 0 Å². The second-order valence-electron chi connectivity index (χ2n) is 5.32. The molecule has 4 heteroatoms. The number of aliphatic hydroxyl groups is 1. The highest BCUT2D eigenvalue weighted by atomic mass is 16.3. The molecule has 0 spiro atoms. The fourth-order valence-electron chi connectivity index (χ4n) is 2.93. The van der Waals surface area contributed by atoms with Gasteiger partial charge in [-0.05, 0) is 30.4 Å². The van der Waals surface area contributed by atoms with Gasteiger partial charge in [-0.3, -0.25) is 0 Å². The van der Waals surface area contributed by atoms with Gasteiger partial charge < -0.3 is 5.11 Å². The minimum atomic E-state index is -0.826. The van der Waals surface area contributed by atoms with Crippen molar-refractivity contribution in [2.75, 3.05) is 0 Å². The molecule has 2 aromatic rings. The van der Waals surface area contributed by atoms with Gasteiger partial charge in [-0.15, -0.1) is 5.10 Å². The van der Waals surface area contributed by atoms with E-state index in [2.05, 4.69) is 35.4 Å². The Hall–Kier alpha value is -1.68. The van der Waals surface area contributed by atoms with Gasteiger partial charge in [0.1, 0.15) is 5.60 Å². The lowest BCUT2D eigenvalue weighted by atomic mass is 9.79. The Kier molecular flexibility index (Phi) is 3.11. The van der Waals surface area contributed by atoms with Crippen LogP contribution in [0, 0.1) is 0 Å². The summed E-state index contributed by atoms with van der Waals surface area (Å²) in [6.07, 6.45) is 5.00. The number of aryl methyl sites for hydroxylation is 2. The third-order valence-corrected chi connectivity index (χ3v) is 3.94. The summed E-state index contributed by atoms with van der Waals surface area (Å²) in [5, 5.41) is 19.0. The van der Waals surface area contributed by atoms with E-state index in [4.69, 9.17) is 0 Å². The van der Waals surface area contributed by atoms with E-state index in [1.165, 1.54) is 11.1 Å². The SMILES string of the molecule is CCCn1nncc1C1(O)CCc2ccccc2C1. The summed E-state index contributed by atoms with van der Waals surface area (Å²) < 4.78 is 1.84. The molecular weight excluding hydrogens is 238 g/mol. The number of benzene rings is 1. The summed E-state index contributed by atoms with van der Waals surface area (Å²) in [6.45, 7) is 2.91. The number of nitrogens with zero attached hydrogens (tertiary/aromatic N) is 3. The summed E-state index contributed by atoms with van der Waals surface area (Å²) in [4.78, 5) is 0. The van der Waals surface area contributed by atoms with Gasteiger partial charge in [0.2, 0.25) is 0 Å². The lowest BCUT2D eigenvalue weighted by Crippen LogP contribution is -2.35. The first kappa shape index (κ1) is 12.4. The van der Waals surface area contributed by atoms with E-state index in [0.717, 1.165) is 31.5 Å². The van der Waals surface area contributed by atoms with Gasteiger partial charge in [-0.2, -0.15) is 0 Å². The normalized spacial score (nSPS) is 22.2. The van der Waals surface area contributed by atoms with Crippen LogP contribution < -0.4 is 0 Å². The van der Waals surface area contributed by atoms with Crippen LogP contribution in [0.3, 0.4) is 0 Å². The van der Waals surface area contributed by atoms with Crippen molar-refractivity contribution in [1.82, 2.24) is 15.0 Å². The molecule has 1 aliphatic rings. The van der Waals surface area contributed by atoms with Crippen LogP contribution in [0.5, 0.6) is 0 Å². The highest BCUT2D eigenvalue weighted by molar-refractivity contribution is 5.33. The molecule has 4 nitrogen and oxygen atoms in total. The maximum Gasteiger partial charge on any atom is 0.112 e. The first-order chi connectivity index (χ1) is 9.23. The van der Waals surface area contributed by atoms with E-state index in [0.29, 0.717) is 6.42 Å². The second-order valence-corrected chi connectivity index (χ2v) is 5.32. The summed E-state index contributed by atoms with van der Waals surface area (Å²) in [7, 11) is 0. The number of aromatic nitrogens is 3. The molecule has 0 radical (unpaired) electrons. The van der Waals surface area contributed by atoms with E-state index < -0.39 is 5.60 Å². The zero-order valence-electron chi connectivity index (χ0n) is 11.2. The van der Waals surface area contributed by atoms with Crippen molar-refractivity contribution in [2.24, 2.45) is 0 Å². The maximum atomic E-state index is 11.0. The molecule has 0 fully saturated rings. The molecule has 19 heavy (non-hydrogen) atoms. The van der Waals surface area contributed by atoms with Crippen LogP contribution in [-0.2, 0) is 25.0 Å². The van der Waals surface area contributed by atoms with Crippen molar-refractivity contribution in [1.29, 1.82) is 0 Å². The molecular formula is C15H19N3O. The molecule has 1 aromatic heterocycles. The van der Waals surface area contributed by atoms with E-state index in [9.17, 15) is 5.11 Å². The van der Waals surface area contributed by atoms with Crippen molar-refractivity contribution in [2.45, 2.75) is 44.8 Å². The molecule has 1 aliphatic carbocycles. The fourth-order valence-corrected chi connectivity index (χ4v) is 2.93. The Morgan fingerprint density at radius 1 is 1.32 bits per heavy atom. The molecule has 3 rings (SSSR count). The maximum absolute atomic E-state index is 11.0. The predicted molar refractivity (Wildman–Crippen MR) is 72.7 cm³/mol. The topological polar surface area (TPSA) is 50.9 Å². The van der Waals surface area contributed by atoms with Crippen molar-refractivity contribution >= 4 is 0 Å². The van der Waals surface area contributed by atoms with Crippen LogP contribution in [0.25, 0.3) is 0 Å². The average molecular weight is 257 g/mol. The molecule has 1 aromatic carbocycles. The molecule has 0 saturated carbocycles. The molecule has 1 unspecified atom stereocenters. The smallest absolute Gasteiger partial charge is 0.112 e. The highest BCUT2D eigenvalue weighted by Gasteiger charge is 2.36. The van der Waals surface area contributed by atoms with Crippen molar-refractivity contribution < 1.29 is 5.11 Å². The van der Waals surface area contributed by atoms with Gasteiger partial charge in [-0.1, -0.05) is 36.4 Å². The fraction of sp³-hybridized carbons (Fsp3) is 0.467. The summed E-state index contributed by atoms with van der Waals surface area (Å²) in [5.74, 6) is 0. The van der Waals surface area contributed by atoms with Crippen molar-refractivity contribution in [3.63, 3.8) is 0 Å². The van der Waals surface area contributed by atoms with Gasteiger partial charge in [0.05, 0.1) is 11.9 Å². The first-order valence-electron chi connectivity index (χ1n) is 6.91. The lowest BCUT2D eigenvalue weighted by molar-refractivity contribution is 0.0133. The Labute approximate surface area is 113 Å². The molecule has 1 N–H and O–H groups in total. The first-order valence-corrected chi connectivity index (χ1v) is 6.91. The van der Waals surface area contributed by atoms with Crippen molar-refractivity contribution in [3.8, 4) is 0 Å². The van der Waals surface area contributed by atoms with E-state index in [1.54, 1.807) is 6.20 Å². The summed E-state index contributed by atoms with van der Waals surface area (Å²) in [5.41, 5.74) is 2.61.